The van der Waals surface area contributed by atoms with Gasteiger partial charge in [0.05, 0.1) is 10.4 Å². The number of fused-ring (bicyclic) bond motifs is 1. The molecule has 0 bridgehead atoms. The lowest BCUT2D eigenvalue weighted by Gasteiger charge is -2.08. The summed E-state index contributed by atoms with van der Waals surface area (Å²) in [4.78, 5) is 7.51. The molecule has 1 atom stereocenters. The molecule has 2 rings (SSSR count). The zero-order valence-electron chi connectivity index (χ0n) is 10.2. The van der Waals surface area contributed by atoms with Gasteiger partial charge in [-0.3, -0.25) is 0 Å². The first-order chi connectivity index (χ1) is 8.47. The van der Waals surface area contributed by atoms with Gasteiger partial charge < -0.3 is 15.5 Å². The summed E-state index contributed by atoms with van der Waals surface area (Å²) in [6.07, 6.45) is 0.789. The van der Waals surface area contributed by atoms with E-state index in [1.54, 1.807) is 12.1 Å². The number of sulfone groups is 1. The van der Waals surface area contributed by atoms with Crippen molar-refractivity contribution in [1.29, 1.82) is 0 Å². The molecule has 1 unspecified atom stereocenters. The lowest BCUT2D eigenvalue weighted by atomic mass is 10.3. The molecule has 0 amide bonds. The molecule has 0 aliphatic carbocycles. The average Bonchev–Trinajstić information content (AvgIpc) is 2.72. The van der Waals surface area contributed by atoms with E-state index in [1.165, 1.54) is 13.2 Å². The van der Waals surface area contributed by atoms with Crippen LogP contribution in [-0.4, -0.2) is 38.3 Å². The second-order valence-corrected chi connectivity index (χ2v) is 5.99. The Labute approximate surface area is 105 Å². The molecule has 0 aliphatic rings. The molecule has 0 saturated carbocycles. The van der Waals surface area contributed by atoms with Crippen molar-refractivity contribution in [2.75, 3.05) is 19.9 Å². The molecule has 0 aliphatic heterocycles. The number of aromatic amines is 1. The van der Waals surface area contributed by atoms with Crippen molar-refractivity contribution < 1.29 is 13.2 Å². The van der Waals surface area contributed by atoms with Crippen molar-refractivity contribution >= 4 is 20.9 Å². The highest BCUT2D eigenvalue weighted by Crippen LogP contribution is 2.23. The number of hydrogen-bond acceptors (Lipinski definition) is 5. The number of H-pyrrole nitrogens is 1. The maximum atomic E-state index is 11.7. The van der Waals surface area contributed by atoms with Gasteiger partial charge in [-0.2, -0.15) is 0 Å². The summed E-state index contributed by atoms with van der Waals surface area (Å²) >= 11 is 0. The predicted molar refractivity (Wildman–Crippen MR) is 68.0 cm³/mol. The Hall–Kier alpha value is -1.44. The summed E-state index contributed by atoms with van der Waals surface area (Å²) in [7, 11) is -1.78. The summed E-state index contributed by atoms with van der Waals surface area (Å²) in [5.41, 5.74) is 6.64. The fourth-order valence-corrected chi connectivity index (χ4v) is 2.63. The number of ether oxygens (including phenoxy) is 1. The Morgan fingerprint density at radius 2 is 2.22 bits per heavy atom. The molecular weight excluding hydrogens is 254 g/mol. The van der Waals surface area contributed by atoms with Gasteiger partial charge in [-0.15, -0.1) is 0 Å². The van der Waals surface area contributed by atoms with E-state index in [4.69, 9.17) is 10.5 Å². The second-order valence-electron chi connectivity index (χ2n) is 4.01. The van der Waals surface area contributed by atoms with Gasteiger partial charge >= 0.3 is 0 Å². The molecule has 0 saturated heterocycles. The quantitative estimate of drug-likeness (QED) is 0.847. The van der Waals surface area contributed by atoms with E-state index in [9.17, 15) is 8.42 Å². The minimum Gasteiger partial charge on any atom is -0.372 e. The van der Waals surface area contributed by atoms with Gasteiger partial charge in [-0.1, -0.05) is 6.07 Å². The SMILES string of the molecule is COC(CN)c1nc2c(S(C)(=O)=O)cccc2[nH]1. The molecule has 6 nitrogen and oxygen atoms in total. The van der Waals surface area contributed by atoms with Crippen molar-refractivity contribution in [2.24, 2.45) is 5.73 Å². The average molecular weight is 269 g/mol. The lowest BCUT2D eigenvalue weighted by molar-refractivity contribution is 0.104. The normalized spacial score (nSPS) is 13.9. The Balaban J connectivity index is 2.65. The van der Waals surface area contributed by atoms with E-state index in [0.717, 1.165) is 6.26 Å². The molecule has 1 aromatic heterocycles. The van der Waals surface area contributed by atoms with E-state index in [2.05, 4.69) is 9.97 Å². The molecular formula is C11H15N3O3S. The number of para-hydroxylation sites is 1. The minimum atomic E-state index is -3.31. The number of nitrogens with two attached hydrogens (primary N) is 1. The van der Waals surface area contributed by atoms with E-state index in [0.29, 0.717) is 16.9 Å². The minimum absolute atomic E-state index is 0.203. The smallest absolute Gasteiger partial charge is 0.177 e. The van der Waals surface area contributed by atoms with Crippen LogP contribution >= 0.6 is 0 Å². The van der Waals surface area contributed by atoms with Crippen molar-refractivity contribution in [3.63, 3.8) is 0 Å². The number of imidazole rings is 1. The van der Waals surface area contributed by atoms with Crippen LogP contribution in [0.3, 0.4) is 0 Å². The number of nitrogens with zero attached hydrogens (tertiary/aromatic N) is 1. The van der Waals surface area contributed by atoms with Crippen molar-refractivity contribution in [2.45, 2.75) is 11.0 Å². The van der Waals surface area contributed by atoms with E-state index >= 15 is 0 Å². The summed E-state index contributed by atoms with van der Waals surface area (Å²) in [6, 6.07) is 4.97. The van der Waals surface area contributed by atoms with Crippen LogP contribution in [0, 0.1) is 0 Å². The third-order valence-electron chi connectivity index (χ3n) is 2.70. The Morgan fingerprint density at radius 3 is 2.78 bits per heavy atom. The van der Waals surface area contributed by atoms with E-state index in [1.807, 2.05) is 0 Å². The van der Waals surface area contributed by atoms with E-state index < -0.39 is 9.84 Å². The second kappa shape index (κ2) is 4.68. The highest BCUT2D eigenvalue weighted by atomic mass is 32.2. The predicted octanol–water partition coefficient (Wildman–Crippen LogP) is 0.613. The van der Waals surface area contributed by atoms with Crippen LogP contribution in [0.5, 0.6) is 0 Å². The standard InChI is InChI=1S/C11H15N3O3S/c1-17-8(6-12)11-13-7-4-3-5-9(10(7)14-11)18(2,15)16/h3-5,8H,6,12H2,1-2H3,(H,13,14). The number of aromatic nitrogens is 2. The zero-order valence-corrected chi connectivity index (χ0v) is 11.0. The molecule has 0 radical (unpaired) electrons. The van der Waals surface area contributed by atoms with Gasteiger partial charge in [0.15, 0.2) is 9.84 Å². The fourth-order valence-electron chi connectivity index (χ4n) is 1.80. The molecule has 1 heterocycles. The van der Waals surface area contributed by atoms with Crippen molar-refractivity contribution in [3.05, 3.63) is 24.0 Å². The van der Waals surface area contributed by atoms with Crippen LogP contribution in [0.4, 0.5) is 0 Å². The van der Waals surface area contributed by atoms with E-state index in [-0.39, 0.29) is 17.5 Å². The summed E-state index contributed by atoms with van der Waals surface area (Å²) in [6.45, 7) is 0.268. The largest absolute Gasteiger partial charge is 0.372 e. The molecule has 1 aromatic carbocycles. The number of nitrogens with one attached hydrogen (secondary N) is 1. The maximum Gasteiger partial charge on any atom is 0.177 e. The maximum absolute atomic E-state index is 11.7. The van der Waals surface area contributed by atoms with Crippen LogP contribution in [0.2, 0.25) is 0 Å². The Bertz CT molecular complexity index is 659. The molecule has 7 heteroatoms. The van der Waals surface area contributed by atoms with Gasteiger partial charge in [0.1, 0.15) is 17.4 Å². The van der Waals surface area contributed by atoms with Gasteiger partial charge in [0, 0.05) is 19.9 Å². The number of methoxy groups -OCH3 is 1. The van der Waals surface area contributed by atoms with Crippen molar-refractivity contribution in [3.8, 4) is 0 Å². The molecule has 98 valence electrons. The highest BCUT2D eigenvalue weighted by Gasteiger charge is 2.18. The van der Waals surface area contributed by atoms with Crippen LogP contribution in [0.25, 0.3) is 11.0 Å². The van der Waals surface area contributed by atoms with Gasteiger partial charge in [-0.25, -0.2) is 13.4 Å². The van der Waals surface area contributed by atoms with Gasteiger partial charge in [-0.05, 0) is 12.1 Å². The topological polar surface area (TPSA) is 98.1 Å². The zero-order chi connectivity index (χ0) is 13.3. The monoisotopic (exact) mass is 269 g/mol. The Morgan fingerprint density at radius 1 is 1.50 bits per heavy atom. The Kier molecular flexibility index (Phi) is 3.38. The summed E-state index contributed by atoms with van der Waals surface area (Å²) in [5.74, 6) is 0.533. The van der Waals surface area contributed by atoms with Crippen LogP contribution in [0.1, 0.15) is 11.9 Å². The van der Waals surface area contributed by atoms with Crippen molar-refractivity contribution in [1.82, 2.24) is 9.97 Å². The fraction of sp³-hybridized carbons (Fsp3) is 0.364. The third kappa shape index (κ3) is 2.24. The molecule has 18 heavy (non-hydrogen) atoms. The van der Waals surface area contributed by atoms with Gasteiger partial charge in [0.2, 0.25) is 0 Å². The third-order valence-corrected chi connectivity index (χ3v) is 3.83. The molecule has 0 fully saturated rings. The first-order valence-corrected chi connectivity index (χ1v) is 7.28. The molecule has 0 spiro atoms. The van der Waals surface area contributed by atoms with Crippen LogP contribution < -0.4 is 5.73 Å². The lowest BCUT2D eigenvalue weighted by Crippen LogP contribution is -2.15. The number of rotatable bonds is 4. The summed E-state index contributed by atoms with van der Waals surface area (Å²) < 4.78 is 28.5. The highest BCUT2D eigenvalue weighted by molar-refractivity contribution is 7.91. The molecule has 3 N–H and O–H groups in total. The number of benzene rings is 1. The van der Waals surface area contributed by atoms with Crippen LogP contribution in [0.15, 0.2) is 23.1 Å². The van der Waals surface area contributed by atoms with Gasteiger partial charge in [0.25, 0.3) is 0 Å². The summed E-state index contributed by atoms with van der Waals surface area (Å²) in [5, 5.41) is 0. The first-order valence-electron chi connectivity index (χ1n) is 5.39. The van der Waals surface area contributed by atoms with Crippen LogP contribution in [-0.2, 0) is 14.6 Å². The number of hydrogen-bond donors (Lipinski definition) is 2. The molecule has 2 aromatic rings. The first kappa shape index (κ1) is 13.0.